The molecule has 0 radical (unpaired) electrons. The van der Waals surface area contributed by atoms with Gasteiger partial charge in [-0.05, 0) is 31.4 Å². The first-order chi connectivity index (χ1) is 18.7. The summed E-state index contributed by atoms with van der Waals surface area (Å²) in [5.41, 5.74) is 1.07. The van der Waals surface area contributed by atoms with Crippen LogP contribution in [0.15, 0.2) is 18.2 Å². The van der Waals surface area contributed by atoms with Gasteiger partial charge in [0.1, 0.15) is 37.0 Å². The van der Waals surface area contributed by atoms with Gasteiger partial charge in [-0.15, -0.1) is 0 Å². The van der Waals surface area contributed by atoms with Gasteiger partial charge in [0.05, 0.1) is 11.4 Å². The molecular formula is C26H36N4O9. The van der Waals surface area contributed by atoms with E-state index in [0.717, 1.165) is 0 Å². The molecule has 2 rings (SSSR count). The van der Waals surface area contributed by atoms with E-state index in [1.807, 2.05) is 0 Å². The van der Waals surface area contributed by atoms with E-state index in [1.165, 1.54) is 0 Å². The van der Waals surface area contributed by atoms with Crippen molar-refractivity contribution in [3.05, 3.63) is 29.6 Å². The molecule has 0 spiro atoms. The van der Waals surface area contributed by atoms with Crippen LogP contribution in [0.3, 0.4) is 0 Å². The minimum Gasteiger partial charge on any atom is -0.480 e. The molecule has 1 aliphatic rings. The minimum absolute atomic E-state index is 0.00352. The zero-order chi connectivity index (χ0) is 28.8. The van der Waals surface area contributed by atoms with Crippen LogP contribution >= 0.6 is 0 Å². The lowest BCUT2D eigenvalue weighted by Crippen LogP contribution is -2.52. The van der Waals surface area contributed by atoms with Crippen molar-refractivity contribution in [3.8, 4) is 0 Å². The van der Waals surface area contributed by atoms with Crippen molar-refractivity contribution in [2.45, 2.75) is 69.7 Å². The predicted molar refractivity (Wildman–Crippen MR) is 137 cm³/mol. The summed E-state index contributed by atoms with van der Waals surface area (Å²) >= 11 is 0. The number of nitrogens with zero attached hydrogens (tertiary/aromatic N) is 4. The Bertz CT molecular complexity index is 946. The molecule has 39 heavy (non-hydrogen) atoms. The van der Waals surface area contributed by atoms with Gasteiger partial charge in [-0.25, -0.2) is 0 Å². The Kier molecular flexibility index (Phi) is 13.3. The maximum atomic E-state index is 12.2. The molecule has 13 heteroatoms. The highest BCUT2D eigenvalue weighted by Crippen LogP contribution is 2.18. The van der Waals surface area contributed by atoms with Crippen molar-refractivity contribution in [1.82, 2.24) is 19.7 Å². The van der Waals surface area contributed by atoms with Crippen molar-refractivity contribution in [3.63, 3.8) is 0 Å². The summed E-state index contributed by atoms with van der Waals surface area (Å²) in [6.07, 6.45) is 2.16. The van der Waals surface area contributed by atoms with E-state index < -0.39 is 36.0 Å². The summed E-state index contributed by atoms with van der Waals surface area (Å²) in [4.78, 5) is 79.0. The smallest absolute Gasteiger partial charge is 0.320 e. The number of carboxylic acid groups (broad SMARTS) is 3. The van der Waals surface area contributed by atoms with E-state index in [9.17, 15) is 44.1 Å². The van der Waals surface area contributed by atoms with E-state index in [1.54, 1.807) is 32.9 Å². The molecule has 1 aromatic heterocycles. The van der Waals surface area contributed by atoms with Crippen LogP contribution in [0.4, 0.5) is 0 Å². The highest BCUT2D eigenvalue weighted by atomic mass is 16.4. The largest absolute Gasteiger partial charge is 0.480 e. The topological polar surface area (TPSA) is 186 Å². The summed E-state index contributed by atoms with van der Waals surface area (Å²) in [6.45, 7) is 0.689. The zero-order valence-electron chi connectivity index (χ0n) is 21.8. The molecule has 1 aliphatic heterocycles. The monoisotopic (exact) mass is 548 g/mol. The molecule has 2 heterocycles. The first kappa shape index (κ1) is 31.7. The van der Waals surface area contributed by atoms with Gasteiger partial charge < -0.3 is 29.7 Å². The fourth-order valence-electron chi connectivity index (χ4n) is 4.81. The maximum Gasteiger partial charge on any atom is 0.320 e. The molecule has 1 aromatic rings. The van der Waals surface area contributed by atoms with Gasteiger partial charge in [-0.2, -0.15) is 0 Å². The van der Waals surface area contributed by atoms with E-state index in [0.29, 0.717) is 30.2 Å². The average Bonchev–Trinajstić information content (AvgIpc) is 2.88. The van der Waals surface area contributed by atoms with E-state index >= 15 is 0 Å². The third-order valence-electron chi connectivity index (χ3n) is 6.79. The lowest BCUT2D eigenvalue weighted by Gasteiger charge is -2.36. The van der Waals surface area contributed by atoms with E-state index in [2.05, 4.69) is 4.98 Å². The zero-order valence-corrected chi connectivity index (χ0v) is 21.8. The van der Waals surface area contributed by atoms with Crippen LogP contribution in [0, 0.1) is 0 Å². The van der Waals surface area contributed by atoms with Crippen molar-refractivity contribution in [2.24, 2.45) is 0 Å². The normalized spacial score (nSPS) is 18.1. The fraction of sp³-hybridized carbons (Fsp3) is 0.577. The molecule has 0 aromatic carbocycles. The van der Waals surface area contributed by atoms with Gasteiger partial charge >= 0.3 is 17.9 Å². The first-order valence-electron chi connectivity index (χ1n) is 12.9. The van der Waals surface area contributed by atoms with Crippen LogP contribution in [0.2, 0.25) is 0 Å². The second kappa shape index (κ2) is 16.4. The fourth-order valence-corrected chi connectivity index (χ4v) is 4.81. The SMILES string of the molecule is O=CCCC(C(=O)O)N1CCN(C(CCC=O)C(=O)O)Cc2cccc(n2)CN(C(CCC=O)C(=O)O)CC1. The van der Waals surface area contributed by atoms with Gasteiger partial charge in [0, 0.05) is 58.5 Å². The molecular weight excluding hydrogens is 512 g/mol. The number of aromatic nitrogens is 1. The predicted octanol–water partition coefficient (Wildman–Crippen LogP) is 0.298. The molecule has 3 unspecified atom stereocenters. The summed E-state index contributed by atoms with van der Waals surface area (Å²) in [6, 6.07) is 2.09. The summed E-state index contributed by atoms with van der Waals surface area (Å²) in [5.74, 6) is -3.39. The molecule has 13 nitrogen and oxygen atoms in total. The van der Waals surface area contributed by atoms with Crippen molar-refractivity contribution < 1.29 is 44.1 Å². The van der Waals surface area contributed by atoms with Crippen LogP contribution in [0.1, 0.15) is 49.9 Å². The van der Waals surface area contributed by atoms with Gasteiger partial charge in [0.15, 0.2) is 0 Å². The van der Waals surface area contributed by atoms with Gasteiger partial charge in [0.2, 0.25) is 0 Å². The molecule has 0 saturated carbocycles. The van der Waals surface area contributed by atoms with Crippen LogP contribution in [0.25, 0.3) is 0 Å². The Balaban J connectivity index is 2.53. The average molecular weight is 549 g/mol. The van der Waals surface area contributed by atoms with Crippen LogP contribution in [0.5, 0.6) is 0 Å². The number of aliphatic carboxylic acids is 3. The number of carboxylic acids is 3. The number of hydrogen-bond donors (Lipinski definition) is 3. The highest BCUT2D eigenvalue weighted by molar-refractivity contribution is 5.75. The lowest BCUT2D eigenvalue weighted by molar-refractivity contribution is -0.147. The summed E-state index contributed by atoms with van der Waals surface area (Å²) in [5, 5.41) is 29.7. The molecule has 214 valence electrons. The number of hydrogen-bond acceptors (Lipinski definition) is 10. The van der Waals surface area contributed by atoms with Crippen molar-refractivity contribution in [1.29, 1.82) is 0 Å². The minimum atomic E-state index is -1.15. The van der Waals surface area contributed by atoms with Crippen LogP contribution in [-0.2, 0) is 41.9 Å². The van der Waals surface area contributed by atoms with Crippen molar-refractivity contribution >= 4 is 36.8 Å². The van der Waals surface area contributed by atoms with Gasteiger partial charge in [-0.1, -0.05) is 6.07 Å². The van der Waals surface area contributed by atoms with Gasteiger partial charge in [-0.3, -0.25) is 34.1 Å². The lowest BCUT2D eigenvalue weighted by atomic mass is 10.1. The third-order valence-corrected chi connectivity index (χ3v) is 6.79. The second-order valence-electron chi connectivity index (χ2n) is 9.39. The standard InChI is InChI=1S/C26H36N4O9/c31-14-2-7-21(24(34)35)28-10-12-29(22(25(36)37)8-3-15-32)17-19-5-1-6-20(27-19)18-30(13-11-28)23(26(38)39)9-4-16-33/h1,5-6,14-16,21-23H,2-4,7-13,17-18H2,(H,34,35)(H,36,37)(H,38,39). The first-order valence-corrected chi connectivity index (χ1v) is 12.9. The number of carbonyl (C=O) groups is 6. The Morgan fingerprint density at radius 1 is 0.667 bits per heavy atom. The van der Waals surface area contributed by atoms with Gasteiger partial charge in [0.25, 0.3) is 0 Å². The quantitative estimate of drug-likeness (QED) is 0.254. The summed E-state index contributed by atoms with van der Waals surface area (Å²) < 4.78 is 0. The number of pyridine rings is 1. The highest BCUT2D eigenvalue weighted by Gasteiger charge is 2.32. The number of rotatable bonds is 15. The number of fused-ring (bicyclic) bond motifs is 2. The molecule has 2 bridgehead atoms. The Labute approximate surface area is 226 Å². The summed E-state index contributed by atoms with van der Waals surface area (Å²) in [7, 11) is 0. The van der Waals surface area contributed by atoms with E-state index in [4.69, 9.17) is 0 Å². The molecule has 3 atom stereocenters. The second-order valence-corrected chi connectivity index (χ2v) is 9.39. The van der Waals surface area contributed by atoms with E-state index in [-0.39, 0.29) is 77.8 Å². The van der Waals surface area contributed by atoms with Crippen LogP contribution < -0.4 is 0 Å². The molecule has 0 amide bonds. The third kappa shape index (κ3) is 9.93. The Hall–Kier alpha value is -3.55. The molecule has 0 aliphatic carbocycles. The molecule has 0 fully saturated rings. The Morgan fingerprint density at radius 3 is 1.33 bits per heavy atom. The van der Waals surface area contributed by atoms with Crippen LogP contribution in [-0.4, -0.2) is 116 Å². The maximum absolute atomic E-state index is 12.2. The molecule has 3 N–H and O–H groups in total. The number of aldehydes is 3. The molecule has 0 saturated heterocycles. The van der Waals surface area contributed by atoms with Crippen molar-refractivity contribution in [2.75, 3.05) is 26.2 Å². The Morgan fingerprint density at radius 2 is 1.00 bits per heavy atom. The number of carbonyl (C=O) groups excluding carboxylic acids is 3.